The number of likely N-dealkylation sites (tertiary alicyclic amines) is 1. The summed E-state index contributed by atoms with van der Waals surface area (Å²) in [6, 6.07) is -0.759. The van der Waals surface area contributed by atoms with Crippen molar-refractivity contribution >= 4 is 28.8 Å². The fourth-order valence-electron chi connectivity index (χ4n) is 3.14. The molecule has 5 N–H and O–H groups in total. The lowest BCUT2D eigenvalue weighted by Gasteiger charge is -2.15. The molecule has 0 saturated carbocycles. The molecule has 8 nitrogen and oxygen atoms in total. The number of carbonyl (C=O) groups is 1. The first-order valence-corrected chi connectivity index (χ1v) is 10.5. The van der Waals surface area contributed by atoms with Crippen molar-refractivity contribution < 1.29 is 9.90 Å². The highest BCUT2D eigenvalue weighted by Crippen LogP contribution is 2.24. The number of carboxylic acids is 1. The lowest BCUT2D eigenvalue weighted by atomic mass is 10.2. The second-order valence-electron chi connectivity index (χ2n) is 6.47. The maximum absolute atomic E-state index is 11.7. The standard InChI is InChI=1S/C16H23N5O3S.C2H6/c17-12(16(23)24)2-4-25-8-10-1-3-21(6-10)7-11-5-18-14-13(11)19-9-20-15(14)22;1-2/h5,9-10,12,18H,1-4,6-8,17H2,(H,23,24)(H,19,20,22);1-2H3/t10-,12+;/m1./s1. The van der Waals surface area contributed by atoms with Gasteiger partial charge in [-0.2, -0.15) is 11.8 Å². The Kier molecular flexibility index (Phi) is 8.33. The van der Waals surface area contributed by atoms with Gasteiger partial charge in [0.25, 0.3) is 5.56 Å². The molecule has 2 aromatic heterocycles. The van der Waals surface area contributed by atoms with Gasteiger partial charge >= 0.3 is 5.97 Å². The molecule has 0 spiro atoms. The van der Waals surface area contributed by atoms with Gasteiger partial charge in [0.15, 0.2) is 0 Å². The zero-order valence-electron chi connectivity index (χ0n) is 15.9. The van der Waals surface area contributed by atoms with Crippen molar-refractivity contribution in [3.05, 3.63) is 28.4 Å². The number of nitrogens with two attached hydrogens (primary N) is 1. The summed E-state index contributed by atoms with van der Waals surface area (Å²) >= 11 is 1.78. The molecule has 9 heteroatoms. The molecular weight excluding hydrogens is 366 g/mol. The lowest BCUT2D eigenvalue weighted by Crippen LogP contribution is -2.30. The first-order valence-electron chi connectivity index (χ1n) is 9.36. The van der Waals surface area contributed by atoms with E-state index in [0.29, 0.717) is 17.9 Å². The molecule has 0 radical (unpaired) electrons. The van der Waals surface area contributed by atoms with Crippen LogP contribution in [0.15, 0.2) is 17.3 Å². The summed E-state index contributed by atoms with van der Waals surface area (Å²) in [6.45, 7) is 6.81. The highest BCUT2D eigenvalue weighted by Gasteiger charge is 2.23. The molecule has 1 aliphatic rings. The van der Waals surface area contributed by atoms with E-state index in [9.17, 15) is 9.59 Å². The minimum Gasteiger partial charge on any atom is -0.480 e. The summed E-state index contributed by atoms with van der Waals surface area (Å²) in [6.07, 6.45) is 4.94. The first-order chi connectivity index (χ1) is 13.0. The molecule has 3 rings (SSSR count). The van der Waals surface area contributed by atoms with E-state index >= 15 is 0 Å². The van der Waals surface area contributed by atoms with Crippen molar-refractivity contribution in [1.29, 1.82) is 0 Å². The van der Waals surface area contributed by atoms with Crippen molar-refractivity contribution in [1.82, 2.24) is 19.9 Å². The van der Waals surface area contributed by atoms with Crippen LogP contribution in [0, 0.1) is 5.92 Å². The number of carboxylic acid groups (broad SMARTS) is 1. The summed E-state index contributed by atoms with van der Waals surface area (Å²) in [4.78, 5) is 34.6. The number of aromatic amines is 2. The highest BCUT2D eigenvalue weighted by atomic mass is 32.2. The molecule has 1 saturated heterocycles. The molecule has 0 aliphatic carbocycles. The Bertz CT molecular complexity index is 791. The van der Waals surface area contributed by atoms with Gasteiger partial charge in [-0.3, -0.25) is 14.5 Å². The maximum atomic E-state index is 11.7. The Balaban J connectivity index is 0.00000126. The van der Waals surface area contributed by atoms with Crippen molar-refractivity contribution in [2.75, 3.05) is 24.6 Å². The number of hydrogen-bond acceptors (Lipinski definition) is 6. The zero-order valence-corrected chi connectivity index (χ0v) is 16.7. The first kappa shape index (κ1) is 21.5. The SMILES string of the molecule is CC.N[C@@H](CCSC[C@@H]1CCN(Cc2c[nH]c3c(=O)[nH]cnc23)C1)C(=O)O. The van der Waals surface area contributed by atoms with Crippen LogP contribution >= 0.6 is 11.8 Å². The molecule has 0 bridgehead atoms. The predicted molar refractivity (Wildman–Crippen MR) is 109 cm³/mol. The molecule has 1 fully saturated rings. The molecule has 3 heterocycles. The van der Waals surface area contributed by atoms with Crippen LogP contribution in [-0.4, -0.2) is 61.6 Å². The third-order valence-electron chi connectivity index (χ3n) is 4.56. The van der Waals surface area contributed by atoms with Gasteiger partial charge in [-0.1, -0.05) is 13.8 Å². The van der Waals surface area contributed by atoms with Gasteiger partial charge in [0.2, 0.25) is 0 Å². The van der Waals surface area contributed by atoms with E-state index in [0.717, 1.165) is 48.6 Å². The largest absolute Gasteiger partial charge is 0.480 e. The van der Waals surface area contributed by atoms with Gasteiger partial charge in [-0.15, -0.1) is 0 Å². The average molecular weight is 396 g/mol. The van der Waals surface area contributed by atoms with Crippen LogP contribution in [0.4, 0.5) is 0 Å². The normalized spacial score (nSPS) is 18.3. The number of rotatable bonds is 8. The molecule has 0 unspecified atom stereocenters. The molecule has 0 aromatic carbocycles. The monoisotopic (exact) mass is 395 g/mol. The second kappa shape index (κ2) is 10.5. The second-order valence-corrected chi connectivity index (χ2v) is 7.62. The van der Waals surface area contributed by atoms with Crippen LogP contribution in [0.25, 0.3) is 11.0 Å². The van der Waals surface area contributed by atoms with Crippen LogP contribution in [0.1, 0.15) is 32.3 Å². The number of thioether (sulfide) groups is 1. The van der Waals surface area contributed by atoms with Crippen LogP contribution in [0.2, 0.25) is 0 Å². The Morgan fingerprint density at radius 3 is 3.00 bits per heavy atom. The Labute approximate surface area is 162 Å². The summed E-state index contributed by atoms with van der Waals surface area (Å²) in [7, 11) is 0. The zero-order chi connectivity index (χ0) is 19.8. The number of fused-ring (bicyclic) bond motifs is 1. The average Bonchev–Trinajstić information content (AvgIpc) is 3.29. The molecule has 0 amide bonds. The topological polar surface area (TPSA) is 128 Å². The third kappa shape index (κ3) is 5.82. The fourth-order valence-corrected chi connectivity index (χ4v) is 4.34. The summed E-state index contributed by atoms with van der Waals surface area (Å²) in [5, 5.41) is 8.77. The van der Waals surface area contributed by atoms with E-state index in [1.165, 1.54) is 6.33 Å². The maximum Gasteiger partial charge on any atom is 0.320 e. The van der Waals surface area contributed by atoms with Gasteiger partial charge in [0, 0.05) is 24.8 Å². The van der Waals surface area contributed by atoms with E-state index in [4.69, 9.17) is 10.8 Å². The quantitative estimate of drug-likeness (QED) is 0.500. The van der Waals surface area contributed by atoms with Crippen LogP contribution in [0.3, 0.4) is 0 Å². The van der Waals surface area contributed by atoms with Gasteiger partial charge in [-0.25, -0.2) is 4.98 Å². The molecule has 2 atom stereocenters. The van der Waals surface area contributed by atoms with Crippen LogP contribution < -0.4 is 11.3 Å². The smallest absolute Gasteiger partial charge is 0.320 e. The highest BCUT2D eigenvalue weighted by molar-refractivity contribution is 7.99. The lowest BCUT2D eigenvalue weighted by molar-refractivity contribution is -0.138. The van der Waals surface area contributed by atoms with E-state index in [-0.39, 0.29) is 5.56 Å². The molecule has 2 aromatic rings. The molecule has 27 heavy (non-hydrogen) atoms. The predicted octanol–water partition coefficient (Wildman–Crippen LogP) is 1.63. The van der Waals surface area contributed by atoms with Crippen molar-refractivity contribution in [2.45, 2.75) is 39.3 Å². The van der Waals surface area contributed by atoms with E-state index < -0.39 is 12.0 Å². The summed E-state index contributed by atoms with van der Waals surface area (Å²) < 4.78 is 0. The van der Waals surface area contributed by atoms with Crippen molar-refractivity contribution in [3.8, 4) is 0 Å². The summed E-state index contributed by atoms with van der Waals surface area (Å²) in [5.74, 6) is 1.47. The number of aromatic nitrogens is 3. The van der Waals surface area contributed by atoms with Gasteiger partial charge in [0.1, 0.15) is 11.6 Å². The van der Waals surface area contributed by atoms with Crippen molar-refractivity contribution in [2.24, 2.45) is 11.7 Å². The van der Waals surface area contributed by atoms with Gasteiger partial charge < -0.3 is 20.8 Å². The number of nitrogens with zero attached hydrogens (tertiary/aromatic N) is 2. The minimum absolute atomic E-state index is 0.147. The summed E-state index contributed by atoms with van der Waals surface area (Å²) in [5.41, 5.74) is 7.67. The van der Waals surface area contributed by atoms with E-state index in [2.05, 4.69) is 19.9 Å². The van der Waals surface area contributed by atoms with Gasteiger partial charge in [-0.05, 0) is 36.8 Å². The number of aliphatic carboxylic acids is 1. The molecular formula is C18H29N5O3S. The van der Waals surface area contributed by atoms with E-state index in [1.54, 1.807) is 11.8 Å². The Morgan fingerprint density at radius 1 is 1.48 bits per heavy atom. The van der Waals surface area contributed by atoms with Gasteiger partial charge in [0.05, 0.1) is 11.8 Å². The number of H-pyrrole nitrogens is 2. The molecule has 150 valence electrons. The number of hydrogen-bond donors (Lipinski definition) is 4. The Hall–Kier alpha value is -1.84. The number of nitrogens with one attached hydrogen (secondary N) is 2. The Morgan fingerprint density at radius 2 is 2.26 bits per heavy atom. The van der Waals surface area contributed by atoms with E-state index in [1.807, 2.05) is 20.0 Å². The molecule has 1 aliphatic heterocycles. The third-order valence-corrected chi connectivity index (χ3v) is 5.79. The minimum atomic E-state index is -0.932. The van der Waals surface area contributed by atoms with Crippen LogP contribution in [-0.2, 0) is 11.3 Å². The fraction of sp³-hybridized carbons (Fsp3) is 0.611. The van der Waals surface area contributed by atoms with Crippen molar-refractivity contribution in [3.63, 3.8) is 0 Å². The van der Waals surface area contributed by atoms with Crippen LogP contribution in [0.5, 0.6) is 0 Å².